The molecule has 3 rings (SSSR count). The lowest BCUT2D eigenvalue weighted by atomic mass is 9.96. The predicted octanol–water partition coefficient (Wildman–Crippen LogP) is 3.22. The second-order valence-corrected chi connectivity index (χ2v) is 5.91. The van der Waals surface area contributed by atoms with Crippen LogP contribution < -0.4 is 10.1 Å². The standard InChI is InChI=1S/C19H20FNO3/c20-16-10-3-1-8-14(16)17(22)12-21-19(23)15-9-2-4-11-18(15)24-13-6-5-7-13/h1-4,8-11,13,17,22H,5-7,12H2,(H,21,23). The van der Waals surface area contributed by atoms with Crippen LogP contribution >= 0.6 is 0 Å². The molecule has 1 aliphatic rings. The van der Waals surface area contributed by atoms with Crippen molar-refractivity contribution >= 4 is 5.91 Å². The molecular formula is C19H20FNO3. The zero-order valence-electron chi connectivity index (χ0n) is 13.2. The van der Waals surface area contributed by atoms with Gasteiger partial charge in [0.25, 0.3) is 5.91 Å². The number of hydrogen-bond acceptors (Lipinski definition) is 3. The van der Waals surface area contributed by atoms with E-state index in [9.17, 15) is 14.3 Å². The smallest absolute Gasteiger partial charge is 0.255 e. The Morgan fingerprint density at radius 3 is 2.62 bits per heavy atom. The zero-order valence-corrected chi connectivity index (χ0v) is 13.2. The Labute approximate surface area is 140 Å². The van der Waals surface area contributed by atoms with Crippen molar-refractivity contribution in [3.63, 3.8) is 0 Å². The van der Waals surface area contributed by atoms with Gasteiger partial charge in [0.15, 0.2) is 0 Å². The molecule has 1 saturated carbocycles. The quantitative estimate of drug-likeness (QED) is 0.855. The molecule has 0 aromatic heterocycles. The van der Waals surface area contributed by atoms with Crippen molar-refractivity contribution in [3.05, 3.63) is 65.5 Å². The summed E-state index contributed by atoms with van der Waals surface area (Å²) in [5.74, 6) is -0.298. The average molecular weight is 329 g/mol. The van der Waals surface area contributed by atoms with E-state index in [2.05, 4.69) is 5.32 Å². The summed E-state index contributed by atoms with van der Waals surface area (Å²) in [6.45, 7) is -0.0719. The molecule has 2 aromatic rings. The number of amides is 1. The first-order chi connectivity index (χ1) is 11.6. The van der Waals surface area contributed by atoms with Gasteiger partial charge in [0.1, 0.15) is 11.6 Å². The van der Waals surface area contributed by atoms with Crippen molar-refractivity contribution in [2.45, 2.75) is 31.5 Å². The fourth-order valence-corrected chi connectivity index (χ4v) is 2.57. The summed E-state index contributed by atoms with van der Waals surface area (Å²) < 4.78 is 19.5. The minimum atomic E-state index is -1.10. The number of ether oxygens (including phenoxy) is 1. The number of para-hydroxylation sites is 1. The molecule has 2 aromatic carbocycles. The lowest BCUT2D eigenvalue weighted by Gasteiger charge is -2.27. The number of aliphatic hydroxyl groups excluding tert-OH is 1. The minimum Gasteiger partial charge on any atom is -0.490 e. The monoisotopic (exact) mass is 329 g/mol. The number of aliphatic hydroxyl groups is 1. The summed E-state index contributed by atoms with van der Waals surface area (Å²) in [6.07, 6.45) is 2.22. The summed E-state index contributed by atoms with van der Waals surface area (Å²) in [4.78, 5) is 12.4. The molecule has 0 spiro atoms. The Kier molecular flexibility index (Phi) is 5.11. The van der Waals surface area contributed by atoms with Crippen LogP contribution in [0.5, 0.6) is 5.75 Å². The van der Waals surface area contributed by atoms with Gasteiger partial charge in [-0.25, -0.2) is 4.39 Å². The van der Waals surface area contributed by atoms with Crippen molar-refractivity contribution in [2.75, 3.05) is 6.54 Å². The van der Waals surface area contributed by atoms with E-state index in [1.54, 1.807) is 30.3 Å². The maximum absolute atomic E-state index is 13.6. The summed E-state index contributed by atoms with van der Waals surface area (Å²) in [5, 5.41) is 12.7. The van der Waals surface area contributed by atoms with Gasteiger partial charge >= 0.3 is 0 Å². The second kappa shape index (κ2) is 7.45. The Bertz CT molecular complexity index is 715. The van der Waals surface area contributed by atoms with Crippen LogP contribution in [0.25, 0.3) is 0 Å². The molecule has 1 fully saturated rings. The first-order valence-electron chi connectivity index (χ1n) is 8.11. The highest BCUT2D eigenvalue weighted by Crippen LogP contribution is 2.27. The summed E-state index contributed by atoms with van der Waals surface area (Å²) >= 11 is 0. The van der Waals surface area contributed by atoms with Gasteiger partial charge in [0.05, 0.1) is 17.8 Å². The van der Waals surface area contributed by atoms with Crippen molar-refractivity contribution in [1.29, 1.82) is 0 Å². The number of benzene rings is 2. The lowest BCUT2D eigenvalue weighted by Crippen LogP contribution is -2.30. The Morgan fingerprint density at radius 2 is 1.92 bits per heavy atom. The van der Waals surface area contributed by atoms with Crippen molar-refractivity contribution in [3.8, 4) is 5.75 Å². The maximum Gasteiger partial charge on any atom is 0.255 e. The van der Waals surface area contributed by atoms with Crippen LogP contribution in [0.4, 0.5) is 4.39 Å². The highest BCUT2D eigenvalue weighted by Gasteiger charge is 2.22. The van der Waals surface area contributed by atoms with E-state index in [-0.39, 0.29) is 24.1 Å². The van der Waals surface area contributed by atoms with Crippen LogP contribution in [0.3, 0.4) is 0 Å². The Balaban J connectivity index is 1.63. The maximum atomic E-state index is 13.6. The number of carbonyl (C=O) groups is 1. The molecule has 0 saturated heterocycles. The van der Waals surface area contributed by atoms with Gasteiger partial charge in [-0.3, -0.25) is 4.79 Å². The van der Waals surface area contributed by atoms with E-state index in [1.165, 1.54) is 12.1 Å². The van der Waals surface area contributed by atoms with Crippen LogP contribution in [0.15, 0.2) is 48.5 Å². The molecule has 2 N–H and O–H groups in total. The van der Waals surface area contributed by atoms with Gasteiger partial charge in [-0.15, -0.1) is 0 Å². The third-order valence-corrected chi connectivity index (χ3v) is 4.20. The Morgan fingerprint density at radius 1 is 1.21 bits per heavy atom. The molecule has 0 radical (unpaired) electrons. The van der Waals surface area contributed by atoms with Crippen molar-refractivity contribution in [2.24, 2.45) is 0 Å². The van der Waals surface area contributed by atoms with E-state index in [0.717, 1.165) is 19.3 Å². The Hall–Kier alpha value is -2.40. The molecule has 0 aliphatic heterocycles. The largest absolute Gasteiger partial charge is 0.490 e. The van der Waals surface area contributed by atoms with Crippen LogP contribution in [0.2, 0.25) is 0 Å². The highest BCUT2D eigenvalue weighted by molar-refractivity contribution is 5.96. The van der Waals surface area contributed by atoms with Gasteiger partial charge in [0, 0.05) is 12.1 Å². The van der Waals surface area contributed by atoms with Crippen LogP contribution in [0.1, 0.15) is 41.3 Å². The predicted molar refractivity (Wildman–Crippen MR) is 88.4 cm³/mol. The van der Waals surface area contributed by atoms with Crippen LogP contribution in [-0.2, 0) is 0 Å². The van der Waals surface area contributed by atoms with E-state index in [1.807, 2.05) is 6.07 Å². The van der Waals surface area contributed by atoms with Gasteiger partial charge in [0.2, 0.25) is 0 Å². The third-order valence-electron chi connectivity index (χ3n) is 4.20. The van der Waals surface area contributed by atoms with Gasteiger partial charge < -0.3 is 15.2 Å². The van der Waals surface area contributed by atoms with Gasteiger partial charge in [-0.1, -0.05) is 30.3 Å². The van der Waals surface area contributed by atoms with E-state index >= 15 is 0 Å². The van der Waals surface area contributed by atoms with Gasteiger partial charge in [-0.05, 0) is 37.5 Å². The average Bonchev–Trinajstić information content (AvgIpc) is 2.56. The zero-order chi connectivity index (χ0) is 16.9. The minimum absolute atomic E-state index is 0.0719. The van der Waals surface area contributed by atoms with Crippen molar-refractivity contribution < 1.29 is 19.0 Å². The fraction of sp³-hybridized carbons (Fsp3) is 0.316. The topological polar surface area (TPSA) is 58.6 Å². The normalized spacial score (nSPS) is 15.4. The van der Waals surface area contributed by atoms with E-state index in [4.69, 9.17) is 4.74 Å². The van der Waals surface area contributed by atoms with E-state index < -0.39 is 11.9 Å². The molecule has 126 valence electrons. The first-order valence-corrected chi connectivity index (χ1v) is 8.11. The van der Waals surface area contributed by atoms with Crippen LogP contribution in [0, 0.1) is 5.82 Å². The molecule has 1 aliphatic carbocycles. The van der Waals surface area contributed by atoms with Crippen molar-refractivity contribution in [1.82, 2.24) is 5.32 Å². The molecule has 4 nitrogen and oxygen atoms in total. The number of carbonyl (C=O) groups excluding carboxylic acids is 1. The molecule has 5 heteroatoms. The molecule has 1 atom stereocenters. The first kappa shape index (κ1) is 16.5. The number of rotatable bonds is 6. The second-order valence-electron chi connectivity index (χ2n) is 5.91. The molecule has 0 bridgehead atoms. The number of halogens is 1. The summed E-state index contributed by atoms with van der Waals surface area (Å²) in [7, 11) is 0. The molecular weight excluding hydrogens is 309 g/mol. The highest BCUT2D eigenvalue weighted by atomic mass is 19.1. The number of hydrogen-bond donors (Lipinski definition) is 2. The lowest BCUT2D eigenvalue weighted by molar-refractivity contribution is 0.0891. The summed E-state index contributed by atoms with van der Waals surface area (Å²) in [5.41, 5.74) is 0.585. The van der Waals surface area contributed by atoms with Gasteiger partial charge in [-0.2, -0.15) is 0 Å². The molecule has 24 heavy (non-hydrogen) atoms. The third kappa shape index (κ3) is 3.74. The van der Waals surface area contributed by atoms with Crippen LogP contribution in [-0.4, -0.2) is 23.7 Å². The SMILES string of the molecule is O=C(NCC(O)c1ccccc1F)c1ccccc1OC1CCC1. The molecule has 1 amide bonds. The number of nitrogens with one attached hydrogen (secondary N) is 1. The summed E-state index contributed by atoms with van der Waals surface area (Å²) in [6, 6.07) is 13.0. The van der Waals surface area contributed by atoms with E-state index in [0.29, 0.717) is 11.3 Å². The molecule has 0 heterocycles. The fourth-order valence-electron chi connectivity index (χ4n) is 2.57. The molecule has 1 unspecified atom stereocenters.